The van der Waals surface area contributed by atoms with Crippen LogP contribution in [0.25, 0.3) is 21.8 Å². The average molecular weight is 411 g/mol. The summed E-state index contributed by atoms with van der Waals surface area (Å²) in [6.07, 6.45) is 3.63. The number of halogens is 1. The summed E-state index contributed by atoms with van der Waals surface area (Å²) in [6, 6.07) is 5.59. The van der Waals surface area contributed by atoms with E-state index in [0.717, 1.165) is 48.1 Å². The van der Waals surface area contributed by atoms with E-state index in [1.54, 1.807) is 10.6 Å². The highest BCUT2D eigenvalue weighted by Crippen LogP contribution is 2.40. The van der Waals surface area contributed by atoms with E-state index in [1.807, 2.05) is 23.5 Å². The number of nitrogens with one attached hydrogen (secondary N) is 2. The van der Waals surface area contributed by atoms with Crippen molar-refractivity contribution in [3.8, 4) is 5.69 Å². The molecule has 3 aromatic heterocycles. The highest BCUT2D eigenvalue weighted by molar-refractivity contribution is 7.50. The molecule has 1 saturated heterocycles. The second kappa shape index (κ2) is 6.61. The summed E-state index contributed by atoms with van der Waals surface area (Å²) < 4.78 is 18.3. The first-order valence-electron chi connectivity index (χ1n) is 9.61. The zero-order valence-corrected chi connectivity index (χ0v) is 17.3. The standard InChI is InChI=1S/C20H23FN7P/c1-12-10-27-11-14(7-15(21)20(27)25-12)28-19(23)18-16(22)8-13(9-17(18)29(28)2)26-5-3-24-4-6-26/h7-11,23-24H,3-6,22H2,1-2H3. The summed E-state index contributed by atoms with van der Waals surface area (Å²) in [5, 5.41) is 14.0. The summed E-state index contributed by atoms with van der Waals surface area (Å²) >= 11 is 0. The van der Waals surface area contributed by atoms with Gasteiger partial charge in [-0.25, -0.2) is 9.37 Å². The monoisotopic (exact) mass is 411 g/mol. The summed E-state index contributed by atoms with van der Waals surface area (Å²) in [6.45, 7) is 7.70. The number of benzene rings is 1. The summed E-state index contributed by atoms with van der Waals surface area (Å²) in [5.74, 6) is -0.391. The molecule has 1 fully saturated rings. The quantitative estimate of drug-likeness (QED) is 0.443. The van der Waals surface area contributed by atoms with Crippen LogP contribution in [0.5, 0.6) is 0 Å². The molecular weight excluding hydrogens is 388 g/mol. The molecule has 0 aliphatic carbocycles. The minimum Gasteiger partial charge on any atom is -0.398 e. The van der Waals surface area contributed by atoms with Crippen LogP contribution in [0.1, 0.15) is 5.69 Å². The van der Waals surface area contributed by atoms with Gasteiger partial charge in [-0.2, -0.15) is 0 Å². The smallest absolute Gasteiger partial charge is 0.173 e. The largest absolute Gasteiger partial charge is 0.398 e. The van der Waals surface area contributed by atoms with Gasteiger partial charge < -0.3 is 20.4 Å². The van der Waals surface area contributed by atoms with Crippen molar-refractivity contribution in [3.63, 3.8) is 0 Å². The molecule has 4 N–H and O–H groups in total. The van der Waals surface area contributed by atoms with Gasteiger partial charge in [-0.3, -0.25) is 9.74 Å². The molecule has 1 atom stereocenters. The van der Waals surface area contributed by atoms with E-state index >= 15 is 0 Å². The van der Waals surface area contributed by atoms with Gasteiger partial charge in [-0.05, 0) is 33.4 Å². The molecule has 0 amide bonds. The lowest BCUT2D eigenvalue weighted by atomic mass is 10.2. The molecule has 29 heavy (non-hydrogen) atoms. The topological polar surface area (TPSA) is 87.4 Å². The number of nitrogens with two attached hydrogens (primary N) is 1. The first-order chi connectivity index (χ1) is 13.9. The number of hydrogen-bond acceptors (Lipinski definition) is 5. The Hall–Kier alpha value is -2.83. The van der Waals surface area contributed by atoms with Gasteiger partial charge in [-0.1, -0.05) is 0 Å². The Balaban J connectivity index is 1.73. The fraction of sp³-hybridized carbons (Fsp3) is 0.300. The molecule has 0 spiro atoms. The second-order valence-corrected chi connectivity index (χ2v) is 9.44. The Morgan fingerprint density at radius 2 is 1.93 bits per heavy atom. The van der Waals surface area contributed by atoms with Gasteiger partial charge in [0.1, 0.15) is 5.49 Å². The van der Waals surface area contributed by atoms with Crippen molar-refractivity contribution in [1.29, 1.82) is 5.41 Å². The number of aryl methyl sites for hydroxylation is 2. The summed E-state index contributed by atoms with van der Waals surface area (Å²) in [7, 11) is -0.888. The maximum atomic E-state index is 14.7. The number of rotatable bonds is 2. The van der Waals surface area contributed by atoms with Gasteiger partial charge in [0, 0.05) is 61.1 Å². The predicted molar refractivity (Wildman–Crippen MR) is 116 cm³/mol. The Labute approximate surface area is 168 Å². The molecular formula is C20H23FN7P. The minimum atomic E-state index is -0.888. The minimum absolute atomic E-state index is 0.301. The zero-order chi connectivity index (χ0) is 20.3. The van der Waals surface area contributed by atoms with Crippen molar-refractivity contribution in [2.45, 2.75) is 6.92 Å². The molecule has 0 saturated carbocycles. The molecule has 4 aromatic rings. The van der Waals surface area contributed by atoms with E-state index in [-0.39, 0.29) is 0 Å². The van der Waals surface area contributed by atoms with E-state index in [4.69, 9.17) is 11.1 Å². The predicted octanol–water partition coefficient (Wildman–Crippen LogP) is 2.72. The van der Waals surface area contributed by atoms with Crippen molar-refractivity contribution in [3.05, 3.63) is 47.6 Å². The Bertz CT molecular complexity index is 1310. The van der Waals surface area contributed by atoms with Crippen LogP contribution in [-0.4, -0.2) is 39.9 Å². The number of hydrogen-bond donors (Lipinski definition) is 3. The number of imidazole rings is 1. The van der Waals surface area contributed by atoms with E-state index in [2.05, 4.69) is 27.9 Å². The molecule has 1 aliphatic rings. The van der Waals surface area contributed by atoms with E-state index in [1.165, 1.54) is 6.07 Å². The van der Waals surface area contributed by atoms with Crippen molar-refractivity contribution in [2.24, 2.45) is 6.66 Å². The second-order valence-electron chi connectivity index (χ2n) is 7.51. The number of nitrogen functional groups attached to an aromatic ring is 1. The van der Waals surface area contributed by atoms with Crippen molar-refractivity contribution < 1.29 is 4.39 Å². The number of aromatic nitrogens is 3. The molecule has 0 radical (unpaired) electrons. The molecule has 150 valence electrons. The van der Waals surface area contributed by atoms with Crippen LogP contribution in [0, 0.1) is 18.2 Å². The lowest BCUT2D eigenvalue weighted by Crippen LogP contribution is -2.43. The zero-order valence-electron chi connectivity index (χ0n) is 16.4. The SMILES string of the molecule is Cc1cn2cc(-n3c(=N)c4c(N)cc(N5CCNCC5)cc4p3C)cc(F)c2n1. The van der Waals surface area contributed by atoms with Crippen LogP contribution in [0.2, 0.25) is 0 Å². The third kappa shape index (κ3) is 2.82. The molecule has 0 bridgehead atoms. The lowest BCUT2D eigenvalue weighted by molar-refractivity contribution is 0.589. The van der Waals surface area contributed by atoms with Crippen LogP contribution in [-0.2, 0) is 6.66 Å². The van der Waals surface area contributed by atoms with Gasteiger partial charge in [0.25, 0.3) is 0 Å². The normalized spacial score (nSPS) is 15.6. The van der Waals surface area contributed by atoms with Crippen molar-refractivity contribution in [1.82, 2.24) is 19.0 Å². The maximum Gasteiger partial charge on any atom is 0.173 e. The van der Waals surface area contributed by atoms with Gasteiger partial charge in [0.05, 0.1) is 16.8 Å². The first kappa shape index (κ1) is 18.2. The third-order valence-electron chi connectivity index (χ3n) is 5.57. The molecule has 1 unspecified atom stereocenters. The number of anilines is 2. The third-order valence-corrected chi connectivity index (χ3v) is 7.65. The number of fused-ring (bicyclic) bond motifs is 2. The van der Waals surface area contributed by atoms with Crippen LogP contribution < -0.4 is 21.4 Å². The summed E-state index contributed by atoms with van der Waals surface area (Å²) in [5.41, 5.74) is 10.1. The van der Waals surface area contributed by atoms with Gasteiger partial charge in [0.2, 0.25) is 0 Å². The molecule has 4 heterocycles. The van der Waals surface area contributed by atoms with Gasteiger partial charge in [-0.15, -0.1) is 0 Å². The van der Waals surface area contributed by atoms with Crippen LogP contribution in [0.3, 0.4) is 0 Å². The Morgan fingerprint density at radius 1 is 1.17 bits per heavy atom. The van der Waals surface area contributed by atoms with E-state index < -0.39 is 13.5 Å². The first-order valence-corrected chi connectivity index (χ1v) is 11.3. The molecule has 9 heteroatoms. The average Bonchev–Trinajstić information content (AvgIpc) is 3.20. The lowest BCUT2D eigenvalue weighted by Gasteiger charge is -2.29. The van der Waals surface area contributed by atoms with Crippen LogP contribution in [0.4, 0.5) is 15.8 Å². The molecule has 5 rings (SSSR count). The van der Waals surface area contributed by atoms with Crippen molar-refractivity contribution in [2.75, 3.05) is 36.8 Å². The van der Waals surface area contributed by atoms with Crippen LogP contribution in [0.15, 0.2) is 30.6 Å². The van der Waals surface area contributed by atoms with Crippen LogP contribution >= 0.6 is 7.69 Å². The fourth-order valence-corrected chi connectivity index (χ4v) is 6.15. The molecule has 1 aromatic carbocycles. The molecule has 7 nitrogen and oxygen atoms in total. The fourth-order valence-electron chi connectivity index (χ4n) is 4.20. The highest BCUT2D eigenvalue weighted by atomic mass is 31.1. The van der Waals surface area contributed by atoms with E-state index in [0.29, 0.717) is 22.5 Å². The van der Waals surface area contributed by atoms with Gasteiger partial charge >= 0.3 is 0 Å². The Kier molecular flexibility index (Phi) is 4.15. The molecule has 1 aliphatic heterocycles. The maximum absolute atomic E-state index is 14.7. The van der Waals surface area contributed by atoms with Gasteiger partial charge in [0.15, 0.2) is 11.5 Å². The summed E-state index contributed by atoms with van der Waals surface area (Å²) in [4.78, 5) is 6.55. The number of nitrogens with zero attached hydrogens (tertiary/aromatic N) is 4. The Morgan fingerprint density at radius 3 is 2.69 bits per heavy atom. The van der Waals surface area contributed by atoms with E-state index in [9.17, 15) is 4.39 Å². The number of piperazine rings is 1. The highest BCUT2D eigenvalue weighted by Gasteiger charge is 2.19. The number of pyridine rings is 1. The van der Waals surface area contributed by atoms with Crippen molar-refractivity contribution >= 4 is 35.2 Å².